The molecule has 0 aromatic heterocycles. The van der Waals surface area contributed by atoms with Crippen LogP contribution in [0.25, 0.3) is 0 Å². The molecule has 0 bridgehead atoms. The van der Waals surface area contributed by atoms with Gasteiger partial charge in [-0.15, -0.1) is 0 Å². The minimum absolute atomic E-state index is 0.216. The molecule has 0 aromatic rings. The molecular formula is C11H20N2O. The zero-order valence-corrected chi connectivity index (χ0v) is 9.12. The summed E-state index contributed by atoms with van der Waals surface area (Å²) in [5, 5.41) is 3.14. The van der Waals surface area contributed by atoms with Crippen molar-refractivity contribution < 1.29 is 4.79 Å². The van der Waals surface area contributed by atoms with E-state index in [1.807, 2.05) is 24.9 Å². The Hall–Kier alpha value is -0.830. The number of likely N-dealkylation sites (N-methyl/N-ethyl adjacent to an activating group) is 1. The van der Waals surface area contributed by atoms with Gasteiger partial charge in [0.05, 0.1) is 6.54 Å². The highest BCUT2D eigenvalue weighted by Crippen LogP contribution is 2.24. The predicted octanol–water partition coefficient (Wildman–Crippen LogP) is 1.16. The quantitative estimate of drug-likeness (QED) is 0.511. The van der Waals surface area contributed by atoms with Crippen molar-refractivity contribution in [3.8, 4) is 0 Å². The first-order valence-corrected chi connectivity index (χ1v) is 5.33. The molecular weight excluding hydrogens is 176 g/mol. The van der Waals surface area contributed by atoms with Crippen LogP contribution in [0.1, 0.15) is 26.2 Å². The standard InChI is InChI=1S/C11H20N2O/c1-3-4-5-8-12-9-11(14)13(2)10-6-7-10/h3-4,10,12H,5-9H2,1-2H3/b4-3+. The molecule has 0 atom stereocenters. The van der Waals surface area contributed by atoms with Gasteiger partial charge in [0.25, 0.3) is 0 Å². The van der Waals surface area contributed by atoms with Crippen LogP contribution in [0, 0.1) is 0 Å². The van der Waals surface area contributed by atoms with Gasteiger partial charge >= 0.3 is 0 Å². The first-order valence-electron chi connectivity index (χ1n) is 5.33. The maximum atomic E-state index is 11.5. The first-order chi connectivity index (χ1) is 6.75. The maximum Gasteiger partial charge on any atom is 0.236 e. The van der Waals surface area contributed by atoms with E-state index in [9.17, 15) is 4.79 Å². The Morgan fingerprint density at radius 2 is 2.29 bits per heavy atom. The number of hydrogen-bond donors (Lipinski definition) is 1. The summed E-state index contributed by atoms with van der Waals surface area (Å²) >= 11 is 0. The van der Waals surface area contributed by atoms with Crippen LogP contribution >= 0.6 is 0 Å². The Bertz CT molecular complexity index is 209. The molecule has 1 saturated carbocycles. The van der Waals surface area contributed by atoms with Gasteiger partial charge in [0.2, 0.25) is 5.91 Å². The van der Waals surface area contributed by atoms with Crippen LogP contribution in [0.5, 0.6) is 0 Å². The van der Waals surface area contributed by atoms with Crippen molar-refractivity contribution >= 4 is 5.91 Å². The molecule has 0 spiro atoms. The highest BCUT2D eigenvalue weighted by atomic mass is 16.2. The fourth-order valence-electron chi connectivity index (χ4n) is 1.34. The van der Waals surface area contributed by atoms with Gasteiger partial charge in [-0.3, -0.25) is 4.79 Å². The normalized spacial score (nSPS) is 16.1. The van der Waals surface area contributed by atoms with Crippen LogP contribution in [-0.2, 0) is 4.79 Å². The van der Waals surface area contributed by atoms with E-state index in [-0.39, 0.29) is 5.91 Å². The lowest BCUT2D eigenvalue weighted by Gasteiger charge is -2.16. The summed E-state index contributed by atoms with van der Waals surface area (Å²) in [5.41, 5.74) is 0. The molecule has 1 aliphatic carbocycles. The van der Waals surface area contributed by atoms with Crippen molar-refractivity contribution in [2.45, 2.75) is 32.2 Å². The molecule has 1 rings (SSSR count). The lowest BCUT2D eigenvalue weighted by Crippen LogP contribution is -2.37. The topological polar surface area (TPSA) is 32.3 Å². The predicted molar refractivity (Wildman–Crippen MR) is 58.1 cm³/mol. The van der Waals surface area contributed by atoms with Crippen LogP contribution in [0.2, 0.25) is 0 Å². The minimum atomic E-state index is 0.216. The van der Waals surface area contributed by atoms with Gasteiger partial charge < -0.3 is 10.2 Å². The lowest BCUT2D eigenvalue weighted by atomic mass is 10.4. The lowest BCUT2D eigenvalue weighted by molar-refractivity contribution is -0.129. The van der Waals surface area contributed by atoms with E-state index in [0.29, 0.717) is 12.6 Å². The minimum Gasteiger partial charge on any atom is -0.342 e. The number of rotatable bonds is 6. The van der Waals surface area contributed by atoms with Crippen molar-refractivity contribution in [3.63, 3.8) is 0 Å². The number of amides is 1. The first kappa shape index (κ1) is 11.2. The summed E-state index contributed by atoms with van der Waals surface area (Å²) in [4.78, 5) is 13.4. The van der Waals surface area contributed by atoms with Gasteiger partial charge in [-0.05, 0) is 32.7 Å². The average Bonchev–Trinajstić information content (AvgIpc) is 2.99. The summed E-state index contributed by atoms with van der Waals surface area (Å²) in [6.07, 6.45) is 7.49. The molecule has 3 heteroatoms. The van der Waals surface area contributed by atoms with E-state index in [4.69, 9.17) is 0 Å². The second-order valence-electron chi connectivity index (χ2n) is 3.77. The summed E-state index contributed by atoms with van der Waals surface area (Å²) in [6.45, 7) is 3.37. The summed E-state index contributed by atoms with van der Waals surface area (Å²) < 4.78 is 0. The van der Waals surface area contributed by atoms with E-state index in [1.165, 1.54) is 12.8 Å². The second-order valence-corrected chi connectivity index (χ2v) is 3.77. The summed E-state index contributed by atoms with van der Waals surface area (Å²) in [6, 6.07) is 0.528. The van der Waals surface area contributed by atoms with Crippen LogP contribution in [0.15, 0.2) is 12.2 Å². The Morgan fingerprint density at radius 3 is 2.86 bits per heavy atom. The number of nitrogens with one attached hydrogen (secondary N) is 1. The highest BCUT2D eigenvalue weighted by Gasteiger charge is 2.28. The van der Waals surface area contributed by atoms with Crippen molar-refractivity contribution in [1.29, 1.82) is 0 Å². The molecule has 1 N–H and O–H groups in total. The van der Waals surface area contributed by atoms with E-state index >= 15 is 0 Å². The van der Waals surface area contributed by atoms with Gasteiger partial charge in [0.15, 0.2) is 0 Å². The van der Waals surface area contributed by atoms with E-state index in [0.717, 1.165) is 13.0 Å². The Kier molecular flexibility index (Phi) is 4.66. The largest absolute Gasteiger partial charge is 0.342 e. The van der Waals surface area contributed by atoms with Crippen molar-refractivity contribution in [2.75, 3.05) is 20.1 Å². The molecule has 0 aromatic carbocycles. The fraction of sp³-hybridized carbons (Fsp3) is 0.727. The number of allylic oxidation sites excluding steroid dienone is 1. The molecule has 0 radical (unpaired) electrons. The SMILES string of the molecule is C/C=C/CCNCC(=O)N(C)C1CC1. The van der Waals surface area contributed by atoms with Crippen molar-refractivity contribution in [3.05, 3.63) is 12.2 Å². The average molecular weight is 196 g/mol. The van der Waals surface area contributed by atoms with Crippen LogP contribution in [0.4, 0.5) is 0 Å². The monoisotopic (exact) mass is 196 g/mol. The summed E-state index contributed by atoms with van der Waals surface area (Å²) in [7, 11) is 1.90. The Balaban J connectivity index is 2.02. The molecule has 0 saturated heterocycles. The molecule has 3 nitrogen and oxygen atoms in total. The smallest absolute Gasteiger partial charge is 0.236 e. The molecule has 1 fully saturated rings. The molecule has 0 heterocycles. The third-order valence-corrected chi connectivity index (χ3v) is 2.49. The maximum absolute atomic E-state index is 11.5. The van der Waals surface area contributed by atoms with Gasteiger partial charge in [0.1, 0.15) is 0 Å². The third kappa shape index (κ3) is 3.92. The van der Waals surface area contributed by atoms with Gasteiger partial charge in [0, 0.05) is 13.1 Å². The summed E-state index contributed by atoms with van der Waals surface area (Å²) in [5.74, 6) is 0.216. The molecule has 0 unspecified atom stereocenters. The van der Waals surface area contributed by atoms with Gasteiger partial charge in [-0.1, -0.05) is 12.2 Å². The Morgan fingerprint density at radius 1 is 1.57 bits per heavy atom. The molecule has 0 aliphatic heterocycles. The third-order valence-electron chi connectivity index (χ3n) is 2.49. The van der Waals surface area contributed by atoms with E-state index in [2.05, 4.69) is 11.4 Å². The molecule has 80 valence electrons. The van der Waals surface area contributed by atoms with Gasteiger partial charge in [-0.2, -0.15) is 0 Å². The fourth-order valence-corrected chi connectivity index (χ4v) is 1.34. The van der Waals surface area contributed by atoms with E-state index < -0.39 is 0 Å². The Labute approximate surface area is 86.2 Å². The number of nitrogens with zero attached hydrogens (tertiary/aromatic N) is 1. The number of carbonyl (C=O) groups excluding carboxylic acids is 1. The molecule has 14 heavy (non-hydrogen) atoms. The second kappa shape index (κ2) is 5.81. The number of hydrogen-bond acceptors (Lipinski definition) is 2. The van der Waals surface area contributed by atoms with Crippen LogP contribution < -0.4 is 5.32 Å². The zero-order valence-electron chi connectivity index (χ0n) is 9.12. The zero-order chi connectivity index (χ0) is 10.4. The van der Waals surface area contributed by atoms with Crippen molar-refractivity contribution in [2.24, 2.45) is 0 Å². The number of carbonyl (C=O) groups is 1. The molecule has 1 aliphatic rings. The highest BCUT2D eigenvalue weighted by molar-refractivity contribution is 5.78. The van der Waals surface area contributed by atoms with Crippen LogP contribution in [-0.4, -0.2) is 37.0 Å². The molecule has 1 amide bonds. The van der Waals surface area contributed by atoms with Crippen molar-refractivity contribution in [1.82, 2.24) is 10.2 Å². The van der Waals surface area contributed by atoms with Gasteiger partial charge in [-0.25, -0.2) is 0 Å². The van der Waals surface area contributed by atoms with E-state index in [1.54, 1.807) is 0 Å². The van der Waals surface area contributed by atoms with Crippen LogP contribution in [0.3, 0.4) is 0 Å².